The molecule has 0 heterocycles. The van der Waals surface area contributed by atoms with Crippen molar-refractivity contribution in [2.75, 3.05) is 0 Å². The molecule has 0 fully saturated rings. The molecule has 112 valence electrons. The van der Waals surface area contributed by atoms with Gasteiger partial charge in [-0.2, -0.15) is 0 Å². The molecular weight excluding hydrogens is 281 g/mol. The second-order valence-corrected chi connectivity index (χ2v) is 4.66. The van der Waals surface area contributed by atoms with E-state index in [1.807, 2.05) is 30.3 Å². The van der Waals surface area contributed by atoms with Gasteiger partial charge in [0.1, 0.15) is 5.75 Å². The van der Waals surface area contributed by atoms with Crippen LogP contribution in [0.2, 0.25) is 0 Å². The van der Waals surface area contributed by atoms with E-state index in [0.717, 1.165) is 11.1 Å². The number of hydrogen-bond acceptors (Lipinski definition) is 2. The summed E-state index contributed by atoms with van der Waals surface area (Å²) in [7, 11) is 0. The van der Waals surface area contributed by atoms with E-state index in [1.165, 1.54) is 12.1 Å². The Hall–Kier alpha value is -2.01. The van der Waals surface area contributed by atoms with Gasteiger partial charge in [0, 0.05) is 0 Å². The Morgan fingerprint density at radius 1 is 0.952 bits per heavy atom. The minimum Gasteiger partial charge on any atom is -0.406 e. The Balaban J connectivity index is 1.89. The molecule has 0 saturated carbocycles. The van der Waals surface area contributed by atoms with E-state index in [0.29, 0.717) is 12.8 Å². The first kappa shape index (κ1) is 15.4. The van der Waals surface area contributed by atoms with E-state index >= 15 is 0 Å². The minimum absolute atomic E-state index is 0.241. The highest BCUT2D eigenvalue weighted by Crippen LogP contribution is 2.24. The molecule has 0 amide bonds. The van der Waals surface area contributed by atoms with Crippen LogP contribution in [0.1, 0.15) is 23.7 Å². The summed E-state index contributed by atoms with van der Waals surface area (Å²) >= 11 is 0. The first-order chi connectivity index (χ1) is 9.94. The van der Waals surface area contributed by atoms with Crippen molar-refractivity contribution in [2.45, 2.75) is 25.3 Å². The maximum atomic E-state index is 12.0. The predicted octanol–water partition coefficient (Wildman–Crippen LogP) is 4.25. The molecule has 5 heteroatoms. The molecule has 0 aromatic heterocycles. The van der Waals surface area contributed by atoms with Crippen LogP contribution in [0.4, 0.5) is 13.2 Å². The van der Waals surface area contributed by atoms with Gasteiger partial charge in [0.05, 0.1) is 6.10 Å². The molecular formula is C16H15F3O2. The third kappa shape index (κ3) is 5.11. The van der Waals surface area contributed by atoms with E-state index in [9.17, 15) is 18.3 Å². The Bertz CT molecular complexity index is 550. The standard InChI is InChI=1S/C16H15F3O2/c17-16(18,19)21-14-9-6-12(7-10-14)8-11-15(20)13-4-2-1-3-5-13/h1-7,9-10,15,20H,8,11H2. The lowest BCUT2D eigenvalue weighted by Gasteiger charge is -2.12. The predicted molar refractivity (Wildman–Crippen MR) is 72.8 cm³/mol. The van der Waals surface area contributed by atoms with Gasteiger partial charge in [-0.25, -0.2) is 0 Å². The third-order valence-electron chi connectivity index (χ3n) is 3.05. The van der Waals surface area contributed by atoms with Crippen molar-refractivity contribution in [3.05, 3.63) is 65.7 Å². The van der Waals surface area contributed by atoms with Crippen LogP contribution in [0.25, 0.3) is 0 Å². The summed E-state index contributed by atoms with van der Waals surface area (Å²) in [6, 6.07) is 14.9. The van der Waals surface area contributed by atoms with E-state index in [1.54, 1.807) is 12.1 Å². The average Bonchev–Trinajstić information content (AvgIpc) is 2.45. The SMILES string of the molecule is OC(CCc1ccc(OC(F)(F)F)cc1)c1ccccc1. The van der Waals surface area contributed by atoms with Crippen LogP contribution in [-0.4, -0.2) is 11.5 Å². The first-order valence-electron chi connectivity index (χ1n) is 6.52. The fourth-order valence-electron chi connectivity index (χ4n) is 2.00. The summed E-state index contributed by atoms with van der Waals surface area (Å²) < 4.78 is 39.9. The number of ether oxygens (including phenoxy) is 1. The Labute approximate surface area is 120 Å². The lowest BCUT2D eigenvalue weighted by molar-refractivity contribution is -0.274. The van der Waals surface area contributed by atoms with Crippen LogP contribution in [0.3, 0.4) is 0 Å². The smallest absolute Gasteiger partial charge is 0.406 e. The molecule has 0 bridgehead atoms. The summed E-state index contributed by atoms with van der Waals surface area (Å²) in [6.45, 7) is 0. The second-order valence-electron chi connectivity index (χ2n) is 4.66. The fourth-order valence-corrected chi connectivity index (χ4v) is 2.00. The van der Waals surface area contributed by atoms with Crippen LogP contribution >= 0.6 is 0 Å². The van der Waals surface area contributed by atoms with E-state index in [4.69, 9.17) is 0 Å². The number of halogens is 3. The molecule has 0 saturated heterocycles. The molecule has 1 N–H and O–H groups in total. The third-order valence-corrected chi connectivity index (χ3v) is 3.05. The van der Waals surface area contributed by atoms with Gasteiger partial charge in [-0.1, -0.05) is 42.5 Å². The number of aliphatic hydroxyl groups is 1. The summed E-state index contributed by atoms with van der Waals surface area (Å²) in [5.41, 5.74) is 1.68. The van der Waals surface area contributed by atoms with Crippen molar-refractivity contribution >= 4 is 0 Å². The van der Waals surface area contributed by atoms with Crippen molar-refractivity contribution in [2.24, 2.45) is 0 Å². The fraction of sp³-hybridized carbons (Fsp3) is 0.250. The van der Waals surface area contributed by atoms with Gasteiger partial charge in [0.2, 0.25) is 0 Å². The maximum Gasteiger partial charge on any atom is 0.573 e. The average molecular weight is 296 g/mol. The van der Waals surface area contributed by atoms with Gasteiger partial charge in [0.15, 0.2) is 0 Å². The molecule has 0 aliphatic heterocycles. The Kier molecular flexibility index (Phi) is 4.85. The number of hydrogen-bond donors (Lipinski definition) is 1. The molecule has 1 unspecified atom stereocenters. The lowest BCUT2D eigenvalue weighted by atomic mass is 10.0. The van der Waals surface area contributed by atoms with Crippen molar-refractivity contribution in [3.63, 3.8) is 0 Å². The molecule has 2 rings (SSSR count). The molecule has 0 aliphatic carbocycles. The molecule has 21 heavy (non-hydrogen) atoms. The topological polar surface area (TPSA) is 29.5 Å². The summed E-state index contributed by atoms with van der Waals surface area (Å²) in [4.78, 5) is 0. The normalized spacial score (nSPS) is 13.0. The Morgan fingerprint density at radius 2 is 1.57 bits per heavy atom. The second kappa shape index (κ2) is 6.63. The number of aliphatic hydroxyl groups excluding tert-OH is 1. The van der Waals surface area contributed by atoms with Crippen molar-refractivity contribution in [1.29, 1.82) is 0 Å². The molecule has 1 atom stereocenters. The highest BCUT2D eigenvalue weighted by Gasteiger charge is 2.30. The van der Waals surface area contributed by atoms with Crippen LogP contribution in [-0.2, 0) is 6.42 Å². The van der Waals surface area contributed by atoms with E-state index < -0.39 is 12.5 Å². The summed E-state index contributed by atoms with van der Waals surface area (Å²) in [5.74, 6) is -0.241. The van der Waals surface area contributed by atoms with Gasteiger partial charge in [-0.15, -0.1) is 13.2 Å². The van der Waals surface area contributed by atoms with Crippen LogP contribution in [0.15, 0.2) is 54.6 Å². The molecule has 2 aromatic carbocycles. The van der Waals surface area contributed by atoms with E-state index in [-0.39, 0.29) is 5.75 Å². The minimum atomic E-state index is -4.68. The van der Waals surface area contributed by atoms with Crippen molar-refractivity contribution in [3.8, 4) is 5.75 Å². The molecule has 2 nitrogen and oxygen atoms in total. The zero-order valence-electron chi connectivity index (χ0n) is 11.2. The van der Waals surface area contributed by atoms with Crippen molar-refractivity contribution in [1.82, 2.24) is 0 Å². The summed E-state index contributed by atoms with van der Waals surface area (Å²) in [5, 5.41) is 10.0. The van der Waals surface area contributed by atoms with E-state index in [2.05, 4.69) is 4.74 Å². The number of benzene rings is 2. The van der Waals surface area contributed by atoms with Gasteiger partial charge < -0.3 is 9.84 Å². The van der Waals surface area contributed by atoms with Crippen molar-refractivity contribution < 1.29 is 23.0 Å². The lowest BCUT2D eigenvalue weighted by Crippen LogP contribution is -2.17. The highest BCUT2D eigenvalue weighted by molar-refractivity contribution is 5.28. The molecule has 2 aromatic rings. The van der Waals surface area contributed by atoms with Gasteiger partial charge in [-0.3, -0.25) is 0 Å². The molecule has 0 aliphatic rings. The van der Waals surface area contributed by atoms with Crippen LogP contribution in [0.5, 0.6) is 5.75 Å². The quantitative estimate of drug-likeness (QED) is 0.893. The molecule has 0 spiro atoms. The number of rotatable bonds is 5. The van der Waals surface area contributed by atoms with Crippen LogP contribution < -0.4 is 4.74 Å². The zero-order chi connectivity index (χ0) is 15.3. The van der Waals surface area contributed by atoms with Crippen LogP contribution in [0, 0.1) is 0 Å². The number of alkyl halides is 3. The Morgan fingerprint density at radius 3 is 2.14 bits per heavy atom. The zero-order valence-corrected chi connectivity index (χ0v) is 11.2. The summed E-state index contributed by atoms with van der Waals surface area (Å²) in [6.07, 6.45) is -4.19. The largest absolute Gasteiger partial charge is 0.573 e. The van der Waals surface area contributed by atoms with Gasteiger partial charge in [0.25, 0.3) is 0 Å². The maximum absolute atomic E-state index is 12.0. The van der Waals surface area contributed by atoms with Gasteiger partial charge in [-0.05, 0) is 36.1 Å². The van der Waals surface area contributed by atoms with Gasteiger partial charge >= 0.3 is 6.36 Å². The monoisotopic (exact) mass is 296 g/mol. The number of aryl methyl sites for hydroxylation is 1. The first-order valence-corrected chi connectivity index (χ1v) is 6.52. The molecule has 0 radical (unpaired) electrons. The highest BCUT2D eigenvalue weighted by atomic mass is 19.4.